The Balaban J connectivity index is 2.12. The van der Waals surface area contributed by atoms with Gasteiger partial charge >= 0.3 is 17.9 Å². The lowest BCUT2D eigenvalue weighted by atomic mass is 9.80. The van der Waals surface area contributed by atoms with Crippen LogP contribution in [-0.4, -0.2) is 72.9 Å². The minimum Gasteiger partial charge on any atom is -0.466 e. The Kier molecular flexibility index (Phi) is 8.21. The predicted octanol–water partition coefficient (Wildman–Crippen LogP) is 2.25. The Labute approximate surface area is 200 Å². The van der Waals surface area contributed by atoms with Crippen LogP contribution in [-0.2, 0) is 38.1 Å². The van der Waals surface area contributed by atoms with Crippen LogP contribution in [0.1, 0.15) is 53.4 Å². The van der Waals surface area contributed by atoms with Crippen LogP contribution in [0.2, 0.25) is 0 Å². The minimum absolute atomic E-state index is 0.116. The number of hydrogen-bond donors (Lipinski definition) is 1. The fraction of sp³-hybridized carbons (Fsp3) is 0.720. The number of epoxide rings is 1. The van der Waals surface area contributed by atoms with E-state index in [1.54, 1.807) is 19.9 Å². The number of carbonyl (C=O) groups excluding carboxylic acids is 3. The van der Waals surface area contributed by atoms with Gasteiger partial charge in [0.25, 0.3) is 0 Å². The Hall–Kier alpha value is -2.23. The molecule has 9 heteroatoms. The van der Waals surface area contributed by atoms with Gasteiger partial charge < -0.3 is 28.8 Å². The summed E-state index contributed by atoms with van der Waals surface area (Å²) in [6.07, 6.45) is 0.306. The lowest BCUT2D eigenvalue weighted by molar-refractivity contribution is -0.172. The van der Waals surface area contributed by atoms with E-state index in [4.69, 9.17) is 23.7 Å². The highest BCUT2D eigenvalue weighted by atomic mass is 16.7. The molecule has 2 heterocycles. The van der Waals surface area contributed by atoms with Gasteiger partial charge in [-0.1, -0.05) is 19.6 Å². The van der Waals surface area contributed by atoms with E-state index in [1.807, 2.05) is 13.8 Å². The first kappa shape index (κ1) is 26.4. The smallest absolute Gasteiger partial charge is 0.341 e. The van der Waals surface area contributed by atoms with Crippen molar-refractivity contribution in [2.75, 3.05) is 13.7 Å². The standard InChI is InChI=1S/C25H36O9/c1-7-13(2)31-20-17(23(28)30-6)10-8-9-16(12-26)11-18-19(14(3)22(27)32-18)21(20)33-24(29)25(5)15(4)34-25/h10,13,15-16,18-21,26H,3,7-9,11-12H2,1-2,4-6H3. The Morgan fingerprint density at radius 3 is 2.62 bits per heavy atom. The van der Waals surface area contributed by atoms with E-state index in [-0.39, 0.29) is 35.9 Å². The number of aliphatic hydroxyl groups is 1. The molecule has 0 aromatic rings. The zero-order valence-corrected chi connectivity index (χ0v) is 20.6. The zero-order chi connectivity index (χ0) is 25.2. The third-order valence-corrected chi connectivity index (χ3v) is 7.21. The number of carbonyl (C=O) groups is 3. The van der Waals surface area contributed by atoms with Crippen LogP contribution in [0.25, 0.3) is 0 Å². The lowest BCUT2D eigenvalue weighted by Gasteiger charge is -2.36. The van der Waals surface area contributed by atoms with E-state index >= 15 is 0 Å². The SMILES string of the molecule is C=C1C(=O)OC2CC(CO)CCC=C(C(=O)OC)C(OC(C)CC)C(OC(=O)C3(C)OC3C)C12. The molecule has 8 unspecified atom stereocenters. The summed E-state index contributed by atoms with van der Waals surface area (Å²) < 4.78 is 28.4. The molecule has 0 radical (unpaired) electrons. The molecule has 0 aromatic heterocycles. The minimum atomic E-state index is -1.13. The number of fused-ring (bicyclic) bond motifs is 1. The molecular formula is C25H36O9. The molecule has 3 aliphatic rings. The number of aliphatic hydroxyl groups excluding tert-OH is 1. The second kappa shape index (κ2) is 10.6. The van der Waals surface area contributed by atoms with Crippen molar-refractivity contribution >= 4 is 17.9 Å². The highest BCUT2D eigenvalue weighted by Gasteiger charge is 2.59. The van der Waals surface area contributed by atoms with Crippen molar-refractivity contribution in [2.24, 2.45) is 11.8 Å². The Morgan fingerprint density at radius 1 is 1.38 bits per heavy atom. The predicted molar refractivity (Wildman–Crippen MR) is 120 cm³/mol. The second-order valence-corrected chi connectivity index (χ2v) is 9.52. The number of methoxy groups -OCH3 is 1. The first-order valence-corrected chi connectivity index (χ1v) is 11.9. The van der Waals surface area contributed by atoms with Crippen LogP contribution >= 0.6 is 0 Å². The maximum Gasteiger partial charge on any atom is 0.341 e. The fourth-order valence-electron chi connectivity index (χ4n) is 4.56. The van der Waals surface area contributed by atoms with Gasteiger partial charge in [0.05, 0.1) is 30.8 Å². The van der Waals surface area contributed by atoms with Crippen molar-refractivity contribution in [3.05, 3.63) is 23.8 Å². The van der Waals surface area contributed by atoms with Gasteiger partial charge in [0, 0.05) is 12.2 Å². The molecule has 0 spiro atoms. The number of hydrogen-bond acceptors (Lipinski definition) is 9. The third-order valence-electron chi connectivity index (χ3n) is 7.21. The quantitative estimate of drug-likeness (QED) is 0.253. The summed E-state index contributed by atoms with van der Waals surface area (Å²) in [7, 11) is 1.27. The van der Waals surface area contributed by atoms with Gasteiger partial charge in [-0.05, 0) is 52.4 Å². The van der Waals surface area contributed by atoms with Crippen LogP contribution in [0, 0.1) is 11.8 Å². The van der Waals surface area contributed by atoms with Gasteiger partial charge in [0.15, 0.2) is 5.60 Å². The maximum atomic E-state index is 13.2. The maximum absolute atomic E-state index is 13.2. The summed E-state index contributed by atoms with van der Waals surface area (Å²) in [5.74, 6) is -2.80. The highest BCUT2D eigenvalue weighted by molar-refractivity contribution is 5.92. The molecule has 2 saturated heterocycles. The van der Waals surface area contributed by atoms with Gasteiger partial charge in [-0.15, -0.1) is 0 Å². The molecular weight excluding hydrogens is 444 g/mol. The first-order chi connectivity index (χ1) is 16.1. The molecule has 9 nitrogen and oxygen atoms in total. The van der Waals surface area contributed by atoms with Crippen LogP contribution in [0.15, 0.2) is 23.8 Å². The number of allylic oxidation sites excluding steroid dienone is 1. The molecule has 8 atom stereocenters. The van der Waals surface area contributed by atoms with Crippen molar-refractivity contribution < 1.29 is 43.2 Å². The summed E-state index contributed by atoms with van der Waals surface area (Å²) in [5.41, 5.74) is -0.795. The van der Waals surface area contributed by atoms with Crippen LogP contribution in [0.3, 0.4) is 0 Å². The average Bonchev–Trinajstić information content (AvgIpc) is 3.34. The molecule has 0 saturated carbocycles. The van der Waals surface area contributed by atoms with Crippen molar-refractivity contribution in [1.29, 1.82) is 0 Å². The van der Waals surface area contributed by atoms with E-state index in [1.165, 1.54) is 7.11 Å². The molecule has 2 fully saturated rings. The fourth-order valence-corrected chi connectivity index (χ4v) is 4.56. The van der Waals surface area contributed by atoms with E-state index < -0.39 is 47.7 Å². The van der Waals surface area contributed by atoms with Crippen molar-refractivity contribution in [1.82, 2.24) is 0 Å². The summed E-state index contributed by atoms with van der Waals surface area (Å²) >= 11 is 0. The average molecular weight is 481 g/mol. The normalized spacial score (nSPS) is 36.6. The number of esters is 3. The highest BCUT2D eigenvalue weighted by Crippen LogP contribution is 2.42. The molecule has 1 aliphatic carbocycles. The van der Waals surface area contributed by atoms with Gasteiger partial charge in [0.1, 0.15) is 18.3 Å². The first-order valence-electron chi connectivity index (χ1n) is 11.9. The molecule has 34 heavy (non-hydrogen) atoms. The van der Waals surface area contributed by atoms with Gasteiger partial charge in [-0.2, -0.15) is 0 Å². The van der Waals surface area contributed by atoms with E-state index in [9.17, 15) is 19.5 Å². The van der Waals surface area contributed by atoms with Crippen molar-refractivity contribution in [3.63, 3.8) is 0 Å². The number of ether oxygens (including phenoxy) is 5. The molecule has 0 amide bonds. The Bertz CT molecular complexity index is 849. The van der Waals surface area contributed by atoms with E-state index in [0.29, 0.717) is 25.7 Å². The molecule has 2 aliphatic heterocycles. The second-order valence-electron chi connectivity index (χ2n) is 9.52. The van der Waals surface area contributed by atoms with Gasteiger partial charge in [-0.3, -0.25) is 0 Å². The number of rotatable bonds is 7. The van der Waals surface area contributed by atoms with Crippen LogP contribution < -0.4 is 0 Å². The molecule has 0 aromatic carbocycles. The molecule has 0 bridgehead atoms. The topological polar surface area (TPSA) is 121 Å². The Morgan fingerprint density at radius 2 is 2.06 bits per heavy atom. The van der Waals surface area contributed by atoms with Crippen LogP contribution in [0.4, 0.5) is 0 Å². The van der Waals surface area contributed by atoms with Crippen molar-refractivity contribution in [2.45, 2.75) is 89.5 Å². The van der Waals surface area contributed by atoms with Crippen molar-refractivity contribution in [3.8, 4) is 0 Å². The lowest BCUT2D eigenvalue weighted by Crippen LogP contribution is -2.48. The van der Waals surface area contributed by atoms with Gasteiger partial charge in [0.2, 0.25) is 0 Å². The van der Waals surface area contributed by atoms with E-state index in [2.05, 4.69) is 6.58 Å². The molecule has 190 valence electrons. The molecule has 3 rings (SSSR count). The summed E-state index contributed by atoms with van der Waals surface area (Å²) in [4.78, 5) is 38.6. The third kappa shape index (κ3) is 5.21. The summed E-state index contributed by atoms with van der Waals surface area (Å²) in [6, 6.07) is 0. The van der Waals surface area contributed by atoms with Gasteiger partial charge in [-0.25, -0.2) is 14.4 Å². The molecule has 1 N–H and O–H groups in total. The summed E-state index contributed by atoms with van der Waals surface area (Å²) in [6.45, 7) is 11.0. The van der Waals surface area contributed by atoms with E-state index in [0.717, 1.165) is 0 Å². The largest absolute Gasteiger partial charge is 0.466 e. The zero-order valence-electron chi connectivity index (χ0n) is 20.6. The summed E-state index contributed by atoms with van der Waals surface area (Å²) in [5, 5.41) is 9.90. The van der Waals surface area contributed by atoms with Crippen LogP contribution in [0.5, 0.6) is 0 Å². The monoisotopic (exact) mass is 480 g/mol.